The van der Waals surface area contributed by atoms with Crippen LogP contribution in [0, 0.1) is 23.7 Å². The fraction of sp³-hybridized carbons (Fsp3) is 0.412. The van der Waals surface area contributed by atoms with Crippen molar-refractivity contribution in [1.82, 2.24) is 5.32 Å². The van der Waals surface area contributed by atoms with Crippen LogP contribution in [0.4, 0.5) is 4.79 Å². The minimum absolute atomic E-state index is 0.0308. The molecule has 1 amide bonds. The Bertz CT molecular complexity index is 1480. The lowest BCUT2D eigenvalue weighted by atomic mass is 9.54. The highest BCUT2D eigenvalue weighted by Gasteiger charge is 2.58. The second-order valence-corrected chi connectivity index (χ2v) is 12.3. The predicted molar refractivity (Wildman–Crippen MR) is 154 cm³/mol. The van der Waals surface area contributed by atoms with Crippen LogP contribution in [0.2, 0.25) is 0 Å². The Kier molecular flexibility index (Phi) is 6.61. The monoisotopic (exact) mass is 569 g/mol. The normalized spacial score (nSPS) is 26.6. The van der Waals surface area contributed by atoms with Gasteiger partial charge in [-0.15, -0.1) is 0 Å². The van der Waals surface area contributed by atoms with Crippen LogP contribution in [0.3, 0.4) is 0 Å². The minimum atomic E-state index is -1.07. The molecule has 3 aliphatic carbocycles. The summed E-state index contributed by atoms with van der Waals surface area (Å²) in [5.41, 5.74) is 6.01. The second-order valence-electron chi connectivity index (χ2n) is 12.3. The van der Waals surface area contributed by atoms with Crippen molar-refractivity contribution in [1.29, 1.82) is 0 Å². The van der Waals surface area contributed by atoms with Crippen molar-refractivity contribution in [2.45, 2.75) is 44.2 Å². The van der Waals surface area contributed by atoms with E-state index in [-0.39, 0.29) is 43.2 Å². The molecule has 8 nitrogen and oxygen atoms in total. The Hall–Kier alpha value is -4.04. The number of carbonyl (C=O) groups is 2. The third-order valence-corrected chi connectivity index (χ3v) is 9.54. The zero-order valence-corrected chi connectivity index (χ0v) is 23.7. The van der Waals surface area contributed by atoms with E-state index in [2.05, 4.69) is 41.7 Å². The van der Waals surface area contributed by atoms with E-state index in [4.69, 9.17) is 18.9 Å². The van der Waals surface area contributed by atoms with Crippen LogP contribution >= 0.6 is 0 Å². The number of hydrogen-bond donors (Lipinski definition) is 2. The van der Waals surface area contributed by atoms with Crippen LogP contribution < -0.4 is 5.32 Å². The first-order valence-electron chi connectivity index (χ1n) is 14.7. The van der Waals surface area contributed by atoms with Gasteiger partial charge in [0.15, 0.2) is 6.79 Å². The van der Waals surface area contributed by atoms with Crippen molar-refractivity contribution in [3.05, 3.63) is 95.0 Å². The summed E-state index contributed by atoms with van der Waals surface area (Å²) in [5.74, 6) is -0.00178. The number of hydrogen-bond acceptors (Lipinski definition) is 6. The number of benzene rings is 2. The lowest BCUT2D eigenvalue weighted by molar-refractivity contribution is -0.139. The van der Waals surface area contributed by atoms with E-state index in [0.29, 0.717) is 13.0 Å². The van der Waals surface area contributed by atoms with Crippen LogP contribution in [-0.2, 0) is 29.2 Å². The summed E-state index contributed by atoms with van der Waals surface area (Å²) in [6.45, 7) is 4.69. The zero-order chi connectivity index (χ0) is 29.0. The molecule has 0 saturated carbocycles. The fourth-order valence-electron chi connectivity index (χ4n) is 7.89. The molecule has 2 aromatic carbocycles. The Balaban J connectivity index is 1.34. The maximum atomic E-state index is 13.3. The Morgan fingerprint density at radius 3 is 2.43 bits per heavy atom. The van der Waals surface area contributed by atoms with Crippen molar-refractivity contribution >= 4 is 12.1 Å². The number of carboxylic acid groups (broad SMARTS) is 1. The highest BCUT2D eigenvalue weighted by molar-refractivity contribution is 5.83. The first-order valence-corrected chi connectivity index (χ1v) is 14.7. The number of carbonyl (C=O) groups excluding carboxylic acids is 1. The molecule has 0 spiro atoms. The molecule has 5 unspecified atom stereocenters. The van der Waals surface area contributed by atoms with Crippen LogP contribution in [-0.4, -0.2) is 49.3 Å². The summed E-state index contributed by atoms with van der Waals surface area (Å²) in [7, 11) is 0. The topological polar surface area (TPSA) is 103 Å². The molecular formula is C34H35NO7. The predicted octanol–water partition coefficient (Wildman–Crippen LogP) is 5.54. The van der Waals surface area contributed by atoms with E-state index in [0.717, 1.165) is 40.0 Å². The molecule has 0 radical (unpaired) electrons. The molecule has 5 atom stereocenters. The van der Waals surface area contributed by atoms with Gasteiger partial charge in [-0.05, 0) is 70.1 Å². The number of amides is 1. The van der Waals surface area contributed by atoms with Gasteiger partial charge < -0.3 is 29.4 Å². The third-order valence-electron chi connectivity index (χ3n) is 9.54. The molecule has 0 aromatic heterocycles. The van der Waals surface area contributed by atoms with E-state index in [1.165, 1.54) is 5.57 Å². The lowest BCUT2D eigenvalue weighted by Gasteiger charge is -2.49. The van der Waals surface area contributed by atoms with Gasteiger partial charge >= 0.3 is 12.1 Å². The molecule has 2 aromatic rings. The van der Waals surface area contributed by atoms with Gasteiger partial charge in [0.1, 0.15) is 24.5 Å². The number of fused-ring (bicyclic) bond motifs is 6. The molecule has 2 aliphatic heterocycles. The summed E-state index contributed by atoms with van der Waals surface area (Å²) in [6.07, 6.45) is 6.41. The fourth-order valence-corrected chi connectivity index (χ4v) is 7.89. The number of ether oxygens (including phenoxy) is 4. The molecule has 218 valence electrons. The maximum Gasteiger partial charge on any atom is 0.407 e. The number of aliphatic carboxylic acids is 1. The summed E-state index contributed by atoms with van der Waals surface area (Å²) in [5, 5.41) is 12.4. The van der Waals surface area contributed by atoms with Crippen LogP contribution in [0.25, 0.3) is 11.1 Å². The van der Waals surface area contributed by atoms with Gasteiger partial charge in [0.25, 0.3) is 0 Å². The molecular weight excluding hydrogens is 534 g/mol. The van der Waals surface area contributed by atoms with E-state index in [9.17, 15) is 14.7 Å². The Labute approximate surface area is 245 Å². The largest absolute Gasteiger partial charge is 0.500 e. The van der Waals surface area contributed by atoms with Crippen molar-refractivity contribution in [2.75, 3.05) is 20.0 Å². The molecule has 2 heterocycles. The second kappa shape index (κ2) is 10.3. The van der Waals surface area contributed by atoms with E-state index >= 15 is 0 Å². The highest BCUT2D eigenvalue weighted by atomic mass is 16.7. The quantitative estimate of drug-likeness (QED) is 0.451. The van der Waals surface area contributed by atoms with Crippen molar-refractivity contribution < 1.29 is 33.6 Å². The van der Waals surface area contributed by atoms with Gasteiger partial charge in [-0.2, -0.15) is 0 Å². The zero-order valence-electron chi connectivity index (χ0n) is 23.7. The van der Waals surface area contributed by atoms with Crippen molar-refractivity contribution in [2.24, 2.45) is 23.7 Å². The van der Waals surface area contributed by atoms with Crippen molar-refractivity contribution in [3.63, 3.8) is 0 Å². The molecule has 0 bridgehead atoms. The number of carboxylic acids is 1. The molecule has 1 fully saturated rings. The maximum absolute atomic E-state index is 13.3. The average molecular weight is 570 g/mol. The molecule has 1 saturated heterocycles. The van der Waals surface area contributed by atoms with E-state index in [1.54, 1.807) is 0 Å². The summed E-state index contributed by atoms with van der Waals surface area (Å²) in [6, 6.07) is 15.7. The highest BCUT2D eigenvalue weighted by Crippen LogP contribution is 2.61. The third kappa shape index (κ3) is 4.23. The molecule has 42 heavy (non-hydrogen) atoms. The standard InChI is InChI=1S/C34H35NO7/c1-19(2)11-28(32(36)37)35-33(38)40-17-34(26-9-5-3-7-22(26)23-8-4-6-10-27(23)34)31-24-14-30-29(41-18-42-30)13-20(24)12-21-15-39-16-25(21)31/h3-10,12-13,15,19,24-25,28,30-31H,11,14,16-18H2,1-2H3,(H,35,38)(H,36,37). The van der Waals surface area contributed by atoms with E-state index < -0.39 is 23.5 Å². The first-order chi connectivity index (χ1) is 20.4. The minimum Gasteiger partial charge on any atom is -0.500 e. The SMILES string of the molecule is CC(C)CC(NC(=O)OCC1(C2C3COC=C3C=C3C=C4OCOC4CC32)c2ccccc2-c2ccccc21)C(=O)O. The number of rotatable bonds is 7. The van der Waals surface area contributed by atoms with Gasteiger partial charge in [0.2, 0.25) is 0 Å². The Morgan fingerprint density at radius 1 is 1.02 bits per heavy atom. The van der Waals surface area contributed by atoms with Crippen LogP contribution in [0.15, 0.2) is 83.9 Å². The smallest absolute Gasteiger partial charge is 0.407 e. The summed E-state index contributed by atoms with van der Waals surface area (Å²) < 4.78 is 23.9. The van der Waals surface area contributed by atoms with Gasteiger partial charge in [-0.25, -0.2) is 9.59 Å². The lowest BCUT2D eigenvalue weighted by Crippen LogP contribution is -2.51. The molecule has 2 N–H and O–H groups in total. The molecule has 8 heteroatoms. The van der Waals surface area contributed by atoms with Crippen LogP contribution in [0.5, 0.6) is 0 Å². The molecule has 7 rings (SSSR count). The number of alkyl carbamates (subject to hydrolysis) is 1. The average Bonchev–Trinajstić information content (AvgIpc) is 3.70. The summed E-state index contributed by atoms with van der Waals surface area (Å²) in [4.78, 5) is 25.2. The number of nitrogens with one attached hydrogen (secondary N) is 1. The summed E-state index contributed by atoms with van der Waals surface area (Å²) >= 11 is 0. The molecule has 5 aliphatic rings. The van der Waals surface area contributed by atoms with Gasteiger partial charge in [0, 0.05) is 5.92 Å². The number of allylic oxidation sites excluding steroid dienone is 3. The Morgan fingerprint density at radius 2 is 1.74 bits per heavy atom. The van der Waals surface area contributed by atoms with Crippen molar-refractivity contribution in [3.8, 4) is 11.1 Å². The first kappa shape index (κ1) is 26.8. The van der Waals surface area contributed by atoms with E-state index in [1.807, 2.05) is 44.4 Å². The van der Waals surface area contributed by atoms with Gasteiger partial charge in [-0.3, -0.25) is 0 Å². The van der Waals surface area contributed by atoms with Gasteiger partial charge in [0.05, 0.1) is 18.3 Å². The van der Waals surface area contributed by atoms with Crippen LogP contribution in [0.1, 0.15) is 37.8 Å². The van der Waals surface area contributed by atoms with Gasteiger partial charge in [-0.1, -0.05) is 68.5 Å².